The molecule has 0 saturated heterocycles. The molecule has 1 aromatic heterocycles. The van der Waals surface area contributed by atoms with Crippen LogP contribution >= 0.6 is 0 Å². The van der Waals surface area contributed by atoms with Gasteiger partial charge in [-0.25, -0.2) is 4.98 Å². The van der Waals surface area contributed by atoms with Crippen LogP contribution in [0.4, 0.5) is 11.8 Å². The molecule has 0 saturated carbocycles. The lowest BCUT2D eigenvalue weighted by Crippen LogP contribution is -2.32. The summed E-state index contributed by atoms with van der Waals surface area (Å²) in [4.78, 5) is 10.9. The maximum atomic E-state index is 8.72. The van der Waals surface area contributed by atoms with Crippen LogP contribution in [0.2, 0.25) is 0 Å². The molecule has 1 rings (SSSR count). The zero-order chi connectivity index (χ0) is 13.5. The largest absolute Gasteiger partial charge is 0.354 e. The highest BCUT2D eigenvalue weighted by Gasteiger charge is 2.13. The quantitative estimate of drug-likeness (QED) is 0.836. The molecule has 1 N–H and O–H groups in total. The molecule has 0 radical (unpaired) electrons. The van der Waals surface area contributed by atoms with E-state index in [1.165, 1.54) is 0 Å². The second kappa shape index (κ2) is 6.80. The van der Waals surface area contributed by atoms with Gasteiger partial charge in [0.15, 0.2) is 0 Å². The molecule has 5 heteroatoms. The highest BCUT2D eigenvalue weighted by atomic mass is 15.2. The van der Waals surface area contributed by atoms with E-state index in [2.05, 4.69) is 40.1 Å². The summed E-state index contributed by atoms with van der Waals surface area (Å²) in [7, 11) is 0. The summed E-state index contributed by atoms with van der Waals surface area (Å²) in [5, 5.41) is 11.8. The van der Waals surface area contributed by atoms with E-state index in [9.17, 15) is 0 Å². The summed E-state index contributed by atoms with van der Waals surface area (Å²) in [5.41, 5.74) is 0.929. The summed E-state index contributed by atoms with van der Waals surface area (Å²) < 4.78 is 0. The molecule has 0 bridgehead atoms. The van der Waals surface area contributed by atoms with E-state index in [-0.39, 0.29) is 0 Å². The van der Waals surface area contributed by atoms with E-state index >= 15 is 0 Å². The highest BCUT2D eigenvalue weighted by molar-refractivity contribution is 5.45. The Morgan fingerprint density at radius 2 is 2.17 bits per heavy atom. The molecule has 5 nitrogen and oxygen atoms in total. The number of aryl methyl sites for hydroxylation is 1. The van der Waals surface area contributed by atoms with Gasteiger partial charge < -0.3 is 10.2 Å². The van der Waals surface area contributed by atoms with Gasteiger partial charge in [-0.05, 0) is 27.7 Å². The van der Waals surface area contributed by atoms with Crippen LogP contribution in [0.15, 0.2) is 6.07 Å². The molecule has 0 aliphatic carbocycles. The van der Waals surface area contributed by atoms with Crippen molar-refractivity contribution in [1.82, 2.24) is 9.97 Å². The third kappa shape index (κ3) is 3.88. The van der Waals surface area contributed by atoms with Crippen molar-refractivity contribution < 1.29 is 0 Å². The molecule has 0 atom stereocenters. The molecule has 0 spiro atoms. The molecule has 98 valence electrons. The molecule has 0 aliphatic rings. The molecule has 0 fully saturated rings. The van der Waals surface area contributed by atoms with Gasteiger partial charge in [-0.3, -0.25) is 0 Å². The maximum Gasteiger partial charge on any atom is 0.224 e. The number of nitriles is 1. The topological polar surface area (TPSA) is 64.8 Å². The monoisotopic (exact) mass is 247 g/mol. The maximum absolute atomic E-state index is 8.72. The Morgan fingerprint density at radius 1 is 1.44 bits per heavy atom. The first-order valence-electron chi connectivity index (χ1n) is 6.31. The van der Waals surface area contributed by atoms with Gasteiger partial charge in [-0.15, -0.1) is 0 Å². The molecular weight excluding hydrogens is 226 g/mol. The third-order valence-corrected chi connectivity index (χ3v) is 2.56. The third-order valence-electron chi connectivity index (χ3n) is 2.56. The first kappa shape index (κ1) is 14.2. The van der Waals surface area contributed by atoms with E-state index in [0.29, 0.717) is 25.0 Å². The first-order valence-corrected chi connectivity index (χ1v) is 6.31. The van der Waals surface area contributed by atoms with E-state index in [1.807, 2.05) is 19.9 Å². The normalized spacial score (nSPS) is 10.2. The zero-order valence-corrected chi connectivity index (χ0v) is 11.6. The van der Waals surface area contributed by atoms with Gasteiger partial charge in [0.2, 0.25) is 5.95 Å². The number of nitrogens with one attached hydrogen (secondary N) is 1. The predicted octanol–water partition coefficient (Wildman–Crippen LogP) is 2.35. The van der Waals surface area contributed by atoms with Crippen molar-refractivity contribution in [3.05, 3.63) is 11.8 Å². The van der Waals surface area contributed by atoms with Crippen molar-refractivity contribution in [3.63, 3.8) is 0 Å². The molecule has 0 amide bonds. The number of hydrogen-bond acceptors (Lipinski definition) is 5. The molecule has 1 heterocycles. The minimum absolute atomic E-state index is 0.308. The summed E-state index contributed by atoms with van der Waals surface area (Å²) in [6, 6.07) is 4.44. The van der Waals surface area contributed by atoms with Gasteiger partial charge in [-0.1, -0.05) is 0 Å². The standard InChI is InChI=1S/C13H21N5/c1-5-15-13-16-11(4)9-12(17-13)18(10(2)3)8-6-7-14/h9-10H,5-6,8H2,1-4H3,(H,15,16,17). The predicted molar refractivity (Wildman–Crippen MR) is 73.6 cm³/mol. The van der Waals surface area contributed by atoms with E-state index in [0.717, 1.165) is 18.1 Å². The van der Waals surface area contributed by atoms with Gasteiger partial charge in [0.25, 0.3) is 0 Å². The van der Waals surface area contributed by atoms with Crippen molar-refractivity contribution in [2.24, 2.45) is 0 Å². The van der Waals surface area contributed by atoms with Crippen LogP contribution in [0.3, 0.4) is 0 Å². The Hall–Kier alpha value is -1.83. The van der Waals surface area contributed by atoms with Crippen LogP contribution in [0.5, 0.6) is 0 Å². The van der Waals surface area contributed by atoms with Crippen molar-refractivity contribution >= 4 is 11.8 Å². The second-order valence-corrected chi connectivity index (χ2v) is 4.42. The number of rotatable bonds is 6. The van der Waals surface area contributed by atoms with Crippen molar-refractivity contribution in [1.29, 1.82) is 5.26 Å². The minimum atomic E-state index is 0.308. The molecule has 18 heavy (non-hydrogen) atoms. The van der Waals surface area contributed by atoms with Gasteiger partial charge in [0, 0.05) is 30.9 Å². The summed E-state index contributed by atoms with van der Waals surface area (Å²) in [6.07, 6.45) is 0.498. The van der Waals surface area contributed by atoms with Gasteiger partial charge >= 0.3 is 0 Å². The fraction of sp³-hybridized carbons (Fsp3) is 0.615. The summed E-state index contributed by atoms with van der Waals surface area (Å²) in [6.45, 7) is 9.65. The van der Waals surface area contributed by atoms with Crippen LogP contribution in [-0.2, 0) is 0 Å². The SMILES string of the molecule is CCNc1nc(C)cc(N(CCC#N)C(C)C)n1. The molecule has 0 aromatic carbocycles. The van der Waals surface area contributed by atoms with Crippen LogP contribution in [-0.4, -0.2) is 29.1 Å². The Kier molecular flexibility index (Phi) is 5.37. The average molecular weight is 247 g/mol. The molecule has 0 aliphatic heterocycles. The zero-order valence-electron chi connectivity index (χ0n) is 11.6. The number of nitrogens with zero attached hydrogens (tertiary/aromatic N) is 4. The van der Waals surface area contributed by atoms with E-state index in [4.69, 9.17) is 5.26 Å². The van der Waals surface area contributed by atoms with Crippen LogP contribution < -0.4 is 10.2 Å². The fourth-order valence-corrected chi connectivity index (χ4v) is 1.74. The second-order valence-electron chi connectivity index (χ2n) is 4.42. The smallest absolute Gasteiger partial charge is 0.224 e. The van der Waals surface area contributed by atoms with Crippen molar-refractivity contribution in [2.75, 3.05) is 23.3 Å². The van der Waals surface area contributed by atoms with Crippen LogP contribution in [0, 0.1) is 18.3 Å². The van der Waals surface area contributed by atoms with Gasteiger partial charge in [-0.2, -0.15) is 10.2 Å². The van der Waals surface area contributed by atoms with E-state index < -0.39 is 0 Å². The summed E-state index contributed by atoms with van der Waals surface area (Å²) >= 11 is 0. The number of aromatic nitrogens is 2. The number of hydrogen-bond donors (Lipinski definition) is 1. The highest BCUT2D eigenvalue weighted by Crippen LogP contribution is 2.17. The first-order chi connectivity index (χ1) is 8.58. The van der Waals surface area contributed by atoms with E-state index in [1.54, 1.807) is 0 Å². The fourth-order valence-electron chi connectivity index (χ4n) is 1.74. The lowest BCUT2D eigenvalue weighted by Gasteiger charge is -2.27. The Labute approximate surface area is 109 Å². The lowest BCUT2D eigenvalue weighted by molar-refractivity contribution is 0.675. The molecule has 1 aromatic rings. The molecule has 0 unspecified atom stereocenters. The number of anilines is 2. The van der Waals surface area contributed by atoms with Gasteiger partial charge in [0.05, 0.1) is 12.5 Å². The average Bonchev–Trinajstić information content (AvgIpc) is 2.28. The van der Waals surface area contributed by atoms with Gasteiger partial charge in [0.1, 0.15) is 5.82 Å². The minimum Gasteiger partial charge on any atom is -0.354 e. The van der Waals surface area contributed by atoms with Crippen molar-refractivity contribution in [3.8, 4) is 6.07 Å². The lowest BCUT2D eigenvalue weighted by atomic mass is 10.2. The summed E-state index contributed by atoms with van der Waals surface area (Å²) in [5.74, 6) is 1.53. The Bertz CT molecular complexity index is 422. The Balaban J connectivity index is 3.00. The van der Waals surface area contributed by atoms with Crippen LogP contribution in [0.25, 0.3) is 0 Å². The van der Waals surface area contributed by atoms with Crippen molar-refractivity contribution in [2.45, 2.75) is 40.2 Å². The Morgan fingerprint density at radius 3 is 2.72 bits per heavy atom. The van der Waals surface area contributed by atoms with Crippen LogP contribution in [0.1, 0.15) is 32.9 Å². The molecular formula is C13H21N5.